The number of hydrogen-bond donors (Lipinski definition) is 1. The van der Waals surface area contributed by atoms with E-state index in [4.69, 9.17) is 9.47 Å². The number of fused-ring (bicyclic) bond motifs is 3. The molecule has 1 aliphatic heterocycles. The third kappa shape index (κ3) is 5.64. The first-order valence-electron chi connectivity index (χ1n) is 13.8. The molecule has 41 heavy (non-hydrogen) atoms. The quantitative estimate of drug-likeness (QED) is 0.437. The molecule has 2 amide bonds. The highest BCUT2D eigenvalue weighted by atomic mass is 16.6. The maximum Gasteiger partial charge on any atom is 0.410 e. The predicted octanol–water partition coefficient (Wildman–Crippen LogP) is 5.27. The van der Waals surface area contributed by atoms with Crippen molar-refractivity contribution in [3.8, 4) is 11.1 Å². The lowest BCUT2D eigenvalue weighted by Crippen LogP contribution is -2.48. The summed E-state index contributed by atoms with van der Waals surface area (Å²) >= 11 is 0. The fraction of sp³-hybridized carbons (Fsp3) is 0.419. The van der Waals surface area contributed by atoms with Crippen molar-refractivity contribution in [1.82, 2.24) is 19.6 Å². The Morgan fingerprint density at radius 3 is 2.24 bits per heavy atom. The number of nitrogens with zero attached hydrogens (tertiary/aromatic N) is 4. The Kier molecular flexibility index (Phi) is 7.50. The fourth-order valence-electron chi connectivity index (χ4n) is 5.93. The van der Waals surface area contributed by atoms with Gasteiger partial charge in [-0.1, -0.05) is 48.5 Å². The van der Waals surface area contributed by atoms with E-state index in [-0.39, 0.29) is 30.8 Å². The van der Waals surface area contributed by atoms with Crippen LogP contribution in [0, 0.1) is 0 Å². The van der Waals surface area contributed by atoms with Crippen LogP contribution < -0.4 is 0 Å². The number of aromatic nitrogens is 2. The standard InChI is InChI=1S/C31H36N4O6/c1-19-26(14-15-34(19)30(39)41-31(2,3)4)35(17-20-16-33(5)32-27(20)28(36)37)29(38)40-18-25-23-12-8-6-10-21(23)22-11-7-9-13-24(22)25/h6-13,16,19,25-26H,14-15,17-18H2,1-5H3,(H,36,37)/t19-,26+/m1/s1. The van der Waals surface area contributed by atoms with E-state index in [1.54, 1.807) is 18.1 Å². The molecule has 1 saturated heterocycles. The van der Waals surface area contributed by atoms with Crippen molar-refractivity contribution in [2.24, 2.45) is 7.05 Å². The number of aryl methyl sites for hydroxylation is 1. The third-order valence-corrected chi connectivity index (χ3v) is 7.76. The van der Waals surface area contributed by atoms with Gasteiger partial charge in [0.1, 0.15) is 12.2 Å². The summed E-state index contributed by atoms with van der Waals surface area (Å²) in [5.74, 6) is -1.30. The number of amides is 2. The highest BCUT2D eigenvalue weighted by Crippen LogP contribution is 2.44. The normalized spacial score (nSPS) is 18.1. The lowest BCUT2D eigenvalue weighted by Gasteiger charge is -2.33. The van der Waals surface area contributed by atoms with Crippen LogP contribution in [-0.2, 0) is 23.1 Å². The van der Waals surface area contributed by atoms with Crippen LogP contribution in [-0.4, -0.2) is 73.7 Å². The molecule has 2 aromatic carbocycles. The molecule has 216 valence electrons. The first-order valence-corrected chi connectivity index (χ1v) is 13.8. The molecule has 0 bridgehead atoms. The number of rotatable bonds is 6. The second kappa shape index (κ2) is 10.9. The van der Waals surface area contributed by atoms with Crippen LogP contribution in [0.25, 0.3) is 11.1 Å². The Morgan fingerprint density at radius 1 is 1.05 bits per heavy atom. The minimum atomic E-state index is -1.18. The molecule has 2 atom stereocenters. The zero-order valence-corrected chi connectivity index (χ0v) is 24.0. The second-order valence-corrected chi connectivity index (χ2v) is 11.7. The number of ether oxygens (including phenoxy) is 2. The van der Waals surface area contributed by atoms with Crippen LogP contribution in [0.2, 0.25) is 0 Å². The van der Waals surface area contributed by atoms with Crippen LogP contribution in [0.3, 0.4) is 0 Å². The van der Waals surface area contributed by atoms with Gasteiger partial charge < -0.3 is 19.5 Å². The van der Waals surface area contributed by atoms with Gasteiger partial charge in [0.25, 0.3) is 0 Å². The average molecular weight is 561 g/mol. The Bertz CT molecular complexity index is 1430. The van der Waals surface area contributed by atoms with Crippen molar-refractivity contribution in [3.05, 3.63) is 77.1 Å². The van der Waals surface area contributed by atoms with Crippen molar-refractivity contribution < 1.29 is 29.0 Å². The molecule has 1 fully saturated rings. The van der Waals surface area contributed by atoms with E-state index in [1.807, 2.05) is 52.0 Å². The number of carboxylic acids is 1. The van der Waals surface area contributed by atoms with Crippen molar-refractivity contribution in [2.75, 3.05) is 13.2 Å². The summed E-state index contributed by atoms with van der Waals surface area (Å²) in [6.07, 6.45) is 1.06. The number of carboxylic acid groups (broad SMARTS) is 1. The van der Waals surface area contributed by atoms with Gasteiger partial charge in [-0.2, -0.15) is 5.10 Å². The van der Waals surface area contributed by atoms with Gasteiger partial charge in [0.2, 0.25) is 0 Å². The first kappa shape index (κ1) is 28.2. The first-order chi connectivity index (χ1) is 19.4. The Hall–Kier alpha value is -4.34. The topological polar surface area (TPSA) is 114 Å². The number of aromatic carboxylic acids is 1. The predicted molar refractivity (Wildman–Crippen MR) is 152 cm³/mol. The van der Waals surface area contributed by atoms with E-state index < -0.39 is 29.8 Å². The van der Waals surface area contributed by atoms with Gasteiger partial charge in [-0.15, -0.1) is 0 Å². The van der Waals surface area contributed by atoms with Gasteiger partial charge >= 0.3 is 18.2 Å². The van der Waals surface area contributed by atoms with Crippen molar-refractivity contribution in [1.29, 1.82) is 0 Å². The maximum absolute atomic E-state index is 13.8. The van der Waals surface area contributed by atoms with Crippen molar-refractivity contribution in [3.63, 3.8) is 0 Å². The van der Waals surface area contributed by atoms with E-state index in [2.05, 4.69) is 29.4 Å². The number of carbonyl (C=O) groups is 3. The lowest BCUT2D eigenvalue weighted by atomic mass is 9.98. The summed E-state index contributed by atoms with van der Waals surface area (Å²) in [4.78, 5) is 41.8. The fourth-order valence-corrected chi connectivity index (χ4v) is 5.93. The molecule has 0 saturated carbocycles. The van der Waals surface area contributed by atoms with Gasteiger partial charge in [-0.25, -0.2) is 14.4 Å². The molecule has 0 radical (unpaired) electrons. The van der Waals surface area contributed by atoms with Gasteiger partial charge in [0.15, 0.2) is 5.69 Å². The summed E-state index contributed by atoms with van der Waals surface area (Å²) in [7, 11) is 1.63. The number of benzene rings is 2. The second-order valence-electron chi connectivity index (χ2n) is 11.7. The molecule has 1 N–H and O–H groups in total. The van der Waals surface area contributed by atoms with E-state index >= 15 is 0 Å². The zero-order valence-electron chi connectivity index (χ0n) is 24.0. The molecule has 10 nitrogen and oxygen atoms in total. The SMILES string of the molecule is C[C@@H]1[C@@H](N(Cc2cn(C)nc2C(=O)O)C(=O)OCC2c3ccccc3-c3ccccc32)CCN1C(=O)OC(C)(C)C. The molecule has 3 aromatic rings. The van der Waals surface area contributed by atoms with Crippen molar-refractivity contribution >= 4 is 18.2 Å². The molecule has 0 unspecified atom stereocenters. The highest BCUT2D eigenvalue weighted by Gasteiger charge is 2.42. The van der Waals surface area contributed by atoms with Crippen LogP contribution in [0.1, 0.15) is 67.2 Å². The van der Waals surface area contributed by atoms with Crippen molar-refractivity contribution in [2.45, 2.75) is 64.3 Å². The molecular formula is C31H36N4O6. The molecule has 0 spiro atoms. The largest absolute Gasteiger partial charge is 0.476 e. The zero-order chi connectivity index (χ0) is 29.5. The van der Waals surface area contributed by atoms with Crippen LogP contribution >= 0.6 is 0 Å². The molecular weight excluding hydrogens is 524 g/mol. The Morgan fingerprint density at radius 2 is 1.66 bits per heavy atom. The summed E-state index contributed by atoms with van der Waals surface area (Å²) in [5, 5.41) is 13.8. The minimum absolute atomic E-state index is 0.0245. The highest BCUT2D eigenvalue weighted by molar-refractivity contribution is 5.87. The Labute approximate surface area is 239 Å². The molecule has 10 heteroatoms. The summed E-state index contributed by atoms with van der Waals surface area (Å²) in [5.41, 5.74) is 4.04. The molecule has 5 rings (SSSR count). The summed E-state index contributed by atoms with van der Waals surface area (Å²) < 4.78 is 13.0. The van der Waals surface area contributed by atoms with Gasteiger partial charge in [-0.3, -0.25) is 9.58 Å². The van der Waals surface area contributed by atoms with Crippen LogP contribution in [0.15, 0.2) is 54.7 Å². The molecule has 1 aliphatic carbocycles. The summed E-state index contributed by atoms with van der Waals surface area (Å²) in [6.45, 7) is 7.79. The van der Waals surface area contributed by atoms with E-state index in [0.29, 0.717) is 18.5 Å². The third-order valence-electron chi connectivity index (χ3n) is 7.76. The number of hydrogen-bond acceptors (Lipinski definition) is 6. The smallest absolute Gasteiger partial charge is 0.410 e. The van der Waals surface area contributed by atoms with E-state index in [1.165, 1.54) is 9.58 Å². The lowest BCUT2D eigenvalue weighted by molar-refractivity contribution is 0.0188. The molecule has 1 aromatic heterocycles. The average Bonchev–Trinajstić information content (AvgIpc) is 3.58. The van der Waals surface area contributed by atoms with Gasteiger partial charge in [-0.05, 0) is 56.4 Å². The van der Waals surface area contributed by atoms with Gasteiger partial charge in [0, 0.05) is 31.3 Å². The number of likely N-dealkylation sites (tertiary alicyclic amines) is 1. The number of carbonyl (C=O) groups excluding carboxylic acids is 2. The van der Waals surface area contributed by atoms with E-state index in [0.717, 1.165) is 22.3 Å². The summed E-state index contributed by atoms with van der Waals surface area (Å²) in [6, 6.07) is 15.4. The Balaban J connectivity index is 1.40. The molecule has 2 aliphatic rings. The van der Waals surface area contributed by atoms with E-state index in [9.17, 15) is 19.5 Å². The van der Waals surface area contributed by atoms with Gasteiger partial charge in [0.05, 0.1) is 18.6 Å². The maximum atomic E-state index is 13.8. The minimum Gasteiger partial charge on any atom is -0.476 e. The monoisotopic (exact) mass is 560 g/mol. The molecule has 2 heterocycles. The van der Waals surface area contributed by atoms with Crippen LogP contribution in [0.4, 0.5) is 9.59 Å². The van der Waals surface area contributed by atoms with Crippen LogP contribution in [0.5, 0.6) is 0 Å².